The van der Waals surface area contributed by atoms with E-state index in [1.165, 1.54) is 7.11 Å². The number of thiocarbonyl (C=S) groups is 1. The van der Waals surface area contributed by atoms with Gasteiger partial charge in [-0.15, -0.1) is 0 Å². The van der Waals surface area contributed by atoms with Crippen molar-refractivity contribution in [1.29, 1.82) is 0 Å². The van der Waals surface area contributed by atoms with Crippen LogP contribution in [0.15, 0.2) is 72.3 Å². The molecule has 1 aliphatic rings. The average molecular weight is 543 g/mol. The normalized spacial score (nSPS) is 15.1. The highest BCUT2D eigenvalue weighted by Crippen LogP contribution is 2.37. The maximum atomic E-state index is 13.0. The standard InChI is InChI=1S/C27H24Cl2N2O4S/c1-3-34-22-14-17(10-13-21(22)35-15-18-6-4-5-7-20(18)29)25-23(26(32)33-2)24(30-27(36)31-25)16-8-11-19(28)12-9-16/h4-14,25H,3,15H2,1-2H3,(H2,30,31,36)/t25-/m0/s1. The largest absolute Gasteiger partial charge is 0.490 e. The maximum Gasteiger partial charge on any atom is 0.338 e. The molecule has 3 aromatic rings. The number of hydrogen-bond acceptors (Lipinski definition) is 5. The minimum atomic E-state index is -0.589. The summed E-state index contributed by atoms with van der Waals surface area (Å²) in [5.41, 5.74) is 3.28. The highest BCUT2D eigenvalue weighted by atomic mass is 35.5. The number of carbonyl (C=O) groups is 1. The van der Waals surface area contributed by atoms with E-state index in [1.807, 2.05) is 55.5 Å². The minimum Gasteiger partial charge on any atom is -0.490 e. The summed E-state index contributed by atoms with van der Waals surface area (Å²) < 4.78 is 17.1. The number of carbonyl (C=O) groups excluding carboxylic acids is 1. The van der Waals surface area contributed by atoms with E-state index in [1.54, 1.807) is 18.2 Å². The topological polar surface area (TPSA) is 68.8 Å². The number of rotatable bonds is 8. The second kappa shape index (κ2) is 11.6. The summed E-state index contributed by atoms with van der Waals surface area (Å²) in [6, 6.07) is 19.5. The van der Waals surface area contributed by atoms with Gasteiger partial charge in [0.25, 0.3) is 0 Å². The van der Waals surface area contributed by atoms with Gasteiger partial charge in [-0.25, -0.2) is 4.79 Å². The van der Waals surface area contributed by atoms with E-state index in [2.05, 4.69) is 10.6 Å². The van der Waals surface area contributed by atoms with Crippen LogP contribution in [0.2, 0.25) is 10.0 Å². The van der Waals surface area contributed by atoms with E-state index >= 15 is 0 Å². The highest BCUT2D eigenvalue weighted by Gasteiger charge is 2.33. The van der Waals surface area contributed by atoms with Crippen LogP contribution in [0, 0.1) is 0 Å². The molecule has 0 aromatic heterocycles. The van der Waals surface area contributed by atoms with Crippen LogP contribution in [0.1, 0.15) is 29.7 Å². The summed E-state index contributed by atoms with van der Waals surface area (Å²) in [6.07, 6.45) is 0. The van der Waals surface area contributed by atoms with E-state index in [-0.39, 0.29) is 6.61 Å². The Hall–Kier alpha value is -3.26. The number of hydrogen-bond donors (Lipinski definition) is 2. The summed E-state index contributed by atoms with van der Waals surface area (Å²) in [6.45, 7) is 2.60. The average Bonchev–Trinajstić information content (AvgIpc) is 2.88. The first-order chi connectivity index (χ1) is 17.4. The zero-order valence-corrected chi connectivity index (χ0v) is 22.0. The Morgan fingerprint density at radius 3 is 2.44 bits per heavy atom. The molecule has 1 aliphatic heterocycles. The van der Waals surface area contributed by atoms with Crippen molar-refractivity contribution in [1.82, 2.24) is 10.6 Å². The molecule has 0 saturated heterocycles. The molecule has 0 radical (unpaired) electrons. The Bertz CT molecular complexity index is 1310. The van der Waals surface area contributed by atoms with Gasteiger partial charge >= 0.3 is 5.97 Å². The lowest BCUT2D eigenvalue weighted by molar-refractivity contribution is -0.136. The maximum absolute atomic E-state index is 13.0. The molecule has 6 nitrogen and oxygen atoms in total. The van der Waals surface area contributed by atoms with Crippen molar-refractivity contribution in [3.8, 4) is 11.5 Å². The van der Waals surface area contributed by atoms with Crippen molar-refractivity contribution in [2.24, 2.45) is 0 Å². The lowest BCUT2D eigenvalue weighted by Crippen LogP contribution is -2.45. The van der Waals surface area contributed by atoms with Crippen molar-refractivity contribution in [2.45, 2.75) is 19.6 Å². The quantitative estimate of drug-likeness (QED) is 0.264. The van der Waals surface area contributed by atoms with Gasteiger partial charge in [0.2, 0.25) is 0 Å². The van der Waals surface area contributed by atoms with Crippen LogP contribution in [0.3, 0.4) is 0 Å². The van der Waals surface area contributed by atoms with Crippen LogP contribution >= 0.6 is 35.4 Å². The fourth-order valence-electron chi connectivity index (χ4n) is 3.85. The van der Waals surface area contributed by atoms with E-state index in [9.17, 15) is 4.79 Å². The molecule has 3 aromatic carbocycles. The van der Waals surface area contributed by atoms with Gasteiger partial charge in [0, 0.05) is 15.6 Å². The summed E-state index contributed by atoms with van der Waals surface area (Å²) in [7, 11) is 1.34. The van der Waals surface area contributed by atoms with Crippen LogP contribution in [0.4, 0.5) is 0 Å². The smallest absolute Gasteiger partial charge is 0.338 e. The number of methoxy groups -OCH3 is 1. The van der Waals surface area contributed by atoms with Crippen molar-refractivity contribution in [2.75, 3.05) is 13.7 Å². The first-order valence-corrected chi connectivity index (χ1v) is 12.4. The third-order valence-corrected chi connectivity index (χ3v) is 6.39. The SMILES string of the molecule is CCOc1cc([C@@H]2NC(=S)NC(c3ccc(Cl)cc3)=C2C(=O)OC)ccc1OCc1ccccc1Cl. The van der Waals surface area contributed by atoms with Gasteiger partial charge in [-0.2, -0.15) is 0 Å². The molecule has 2 N–H and O–H groups in total. The fraction of sp³-hybridized carbons (Fsp3) is 0.185. The van der Waals surface area contributed by atoms with Crippen molar-refractivity contribution >= 4 is 52.2 Å². The molecule has 0 aliphatic carbocycles. The Balaban J connectivity index is 1.73. The van der Waals surface area contributed by atoms with Crippen LogP contribution in [-0.2, 0) is 16.1 Å². The molecule has 0 saturated carbocycles. The van der Waals surface area contributed by atoms with E-state index in [4.69, 9.17) is 49.6 Å². The number of benzene rings is 3. The summed E-state index contributed by atoms with van der Waals surface area (Å²) >= 11 is 17.8. The molecule has 0 unspecified atom stereocenters. The molecule has 36 heavy (non-hydrogen) atoms. The van der Waals surface area contributed by atoms with Gasteiger partial charge in [0.05, 0.1) is 31.0 Å². The summed E-state index contributed by atoms with van der Waals surface area (Å²) in [4.78, 5) is 13.0. The van der Waals surface area contributed by atoms with Gasteiger partial charge in [0.15, 0.2) is 16.6 Å². The number of esters is 1. The lowest BCUT2D eigenvalue weighted by Gasteiger charge is -2.31. The molecular formula is C27H24Cl2N2O4S. The predicted octanol–water partition coefficient (Wildman–Crippen LogP) is 6.07. The Labute approximate surface area is 225 Å². The first kappa shape index (κ1) is 25.8. The number of halogens is 2. The van der Waals surface area contributed by atoms with Crippen molar-refractivity contribution in [3.63, 3.8) is 0 Å². The fourth-order valence-corrected chi connectivity index (χ4v) is 4.39. The number of nitrogens with one attached hydrogen (secondary N) is 2. The van der Waals surface area contributed by atoms with Gasteiger partial charge in [-0.3, -0.25) is 0 Å². The third kappa shape index (κ3) is 5.75. The van der Waals surface area contributed by atoms with Gasteiger partial charge in [0.1, 0.15) is 6.61 Å². The second-order valence-electron chi connectivity index (χ2n) is 7.84. The molecule has 9 heteroatoms. The zero-order chi connectivity index (χ0) is 25.7. The number of ether oxygens (including phenoxy) is 3. The molecule has 4 rings (SSSR count). The van der Waals surface area contributed by atoms with E-state index in [0.29, 0.717) is 44.5 Å². The predicted molar refractivity (Wildman–Crippen MR) is 145 cm³/mol. The Morgan fingerprint density at radius 2 is 1.75 bits per heavy atom. The summed E-state index contributed by atoms with van der Waals surface area (Å²) in [5.74, 6) is 0.591. The third-order valence-electron chi connectivity index (χ3n) is 5.55. The van der Waals surface area contributed by atoms with Gasteiger partial charge in [-0.1, -0.05) is 59.6 Å². The van der Waals surface area contributed by atoms with E-state index in [0.717, 1.165) is 16.7 Å². The highest BCUT2D eigenvalue weighted by molar-refractivity contribution is 7.80. The van der Waals surface area contributed by atoms with Gasteiger partial charge < -0.3 is 24.8 Å². The van der Waals surface area contributed by atoms with Crippen LogP contribution in [0.5, 0.6) is 11.5 Å². The van der Waals surface area contributed by atoms with Crippen LogP contribution in [-0.4, -0.2) is 24.8 Å². The monoisotopic (exact) mass is 542 g/mol. The molecule has 0 amide bonds. The first-order valence-electron chi connectivity index (χ1n) is 11.2. The van der Waals surface area contributed by atoms with Gasteiger partial charge in [-0.05, 0) is 60.6 Å². The molecule has 1 atom stereocenters. The Kier molecular flexibility index (Phi) is 8.36. The molecule has 0 bridgehead atoms. The molecule has 0 fully saturated rings. The van der Waals surface area contributed by atoms with E-state index < -0.39 is 12.0 Å². The molecule has 186 valence electrons. The van der Waals surface area contributed by atoms with Crippen molar-refractivity contribution < 1.29 is 19.0 Å². The lowest BCUT2D eigenvalue weighted by atomic mass is 9.92. The van der Waals surface area contributed by atoms with Crippen LogP contribution in [0.25, 0.3) is 5.70 Å². The second-order valence-corrected chi connectivity index (χ2v) is 9.09. The van der Waals surface area contributed by atoms with Crippen LogP contribution < -0.4 is 20.1 Å². The summed E-state index contributed by atoms with van der Waals surface area (Å²) in [5, 5.41) is 7.87. The Morgan fingerprint density at radius 1 is 1.00 bits per heavy atom. The van der Waals surface area contributed by atoms with Crippen molar-refractivity contribution in [3.05, 3.63) is 99.0 Å². The molecule has 0 spiro atoms. The zero-order valence-electron chi connectivity index (χ0n) is 19.6. The molecule has 1 heterocycles. The minimum absolute atomic E-state index is 0.281. The molecular weight excluding hydrogens is 519 g/mol.